The highest BCUT2D eigenvalue weighted by Crippen LogP contribution is 2.18. The standard InChI is InChI=1S/C27H31N3O2/c31-26(17-24-9-6-8-23-7-2-3-10-25(23)24)29-19-27(32)28-18-21-11-13-22(14-12-21)20-30-15-4-1-5-16-30/h2-3,6-14H,1,4-5,15-20H2,(H,28,32)(H,29,31)/p+1. The number of hydrogen-bond acceptors (Lipinski definition) is 2. The highest BCUT2D eigenvalue weighted by Gasteiger charge is 2.14. The Balaban J connectivity index is 1.19. The fraction of sp³-hybridized carbons (Fsp3) is 0.333. The molecule has 1 heterocycles. The maximum absolute atomic E-state index is 12.3. The molecule has 2 amide bonds. The Bertz CT molecular complexity index is 1050. The van der Waals surface area contributed by atoms with Crippen LogP contribution >= 0.6 is 0 Å². The van der Waals surface area contributed by atoms with E-state index in [1.807, 2.05) is 42.5 Å². The number of quaternary nitrogens is 1. The smallest absolute Gasteiger partial charge is 0.239 e. The van der Waals surface area contributed by atoms with E-state index in [2.05, 4.69) is 34.9 Å². The summed E-state index contributed by atoms with van der Waals surface area (Å²) in [4.78, 5) is 26.2. The maximum Gasteiger partial charge on any atom is 0.239 e. The Labute approximate surface area is 189 Å². The second kappa shape index (κ2) is 10.9. The number of rotatable bonds is 8. The molecule has 4 rings (SSSR count). The van der Waals surface area contributed by atoms with Gasteiger partial charge in [0.2, 0.25) is 11.8 Å². The van der Waals surface area contributed by atoms with Gasteiger partial charge in [-0.2, -0.15) is 0 Å². The summed E-state index contributed by atoms with van der Waals surface area (Å²) in [6.45, 7) is 4.07. The zero-order valence-electron chi connectivity index (χ0n) is 18.5. The molecule has 1 fully saturated rings. The van der Waals surface area contributed by atoms with Crippen LogP contribution in [0.3, 0.4) is 0 Å². The molecule has 0 unspecified atom stereocenters. The minimum Gasteiger partial charge on any atom is -0.350 e. The molecule has 166 valence electrons. The molecule has 0 atom stereocenters. The largest absolute Gasteiger partial charge is 0.350 e. The number of fused-ring (bicyclic) bond motifs is 1. The molecular formula is C27H32N3O2+. The zero-order chi connectivity index (χ0) is 22.2. The van der Waals surface area contributed by atoms with E-state index < -0.39 is 0 Å². The predicted molar refractivity (Wildman–Crippen MR) is 127 cm³/mol. The van der Waals surface area contributed by atoms with Gasteiger partial charge in [0.1, 0.15) is 6.54 Å². The Kier molecular flexibility index (Phi) is 7.51. The first kappa shape index (κ1) is 22.0. The van der Waals surface area contributed by atoms with Crippen LogP contribution in [0, 0.1) is 0 Å². The number of nitrogens with one attached hydrogen (secondary N) is 3. The summed E-state index contributed by atoms with van der Waals surface area (Å²) in [5, 5.41) is 7.80. The van der Waals surface area contributed by atoms with E-state index in [1.54, 1.807) is 4.90 Å². The topological polar surface area (TPSA) is 62.6 Å². The molecule has 1 saturated heterocycles. The maximum atomic E-state index is 12.3. The van der Waals surface area contributed by atoms with Crippen LogP contribution in [-0.4, -0.2) is 31.4 Å². The van der Waals surface area contributed by atoms with Crippen molar-refractivity contribution in [3.8, 4) is 0 Å². The molecule has 1 aliphatic rings. The molecule has 3 N–H and O–H groups in total. The number of carbonyl (C=O) groups is 2. The Morgan fingerprint density at radius 3 is 2.28 bits per heavy atom. The van der Waals surface area contributed by atoms with Crippen LogP contribution in [0.1, 0.15) is 36.0 Å². The monoisotopic (exact) mass is 430 g/mol. The highest BCUT2D eigenvalue weighted by molar-refractivity contribution is 5.91. The van der Waals surface area contributed by atoms with Crippen molar-refractivity contribution in [2.75, 3.05) is 19.6 Å². The number of amides is 2. The zero-order valence-corrected chi connectivity index (χ0v) is 18.5. The van der Waals surface area contributed by atoms with Crippen molar-refractivity contribution in [1.82, 2.24) is 10.6 Å². The van der Waals surface area contributed by atoms with Gasteiger partial charge in [-0.1, -0.05) is 66.7 Å². The Hall–Kier alpha value is -3.18. The first-order valence-electron chi connectivity index (χ1n) is 11.6. The summed E-state index contributed by atoms with van der Waals surface area (Å²) in [5.74, 6) is -0.334. The van der Waals surface area contributed by atoms with Crippen LogP contribution in [-0.2, 0) is 29.1 Å². The molecule has 3 aromatic rings. The van der Waals surface area contributed by atoms with Crippen LogP contribution < -0.4 is 15.5 Å². The van der Waals surface area contributed by atoms with Crippen molar-refractivity contribution < 1.29 is 14.5 Å². The predicted octanol–water partition coefficient (Wildman–Crippen LogP) is 2.38. The Morgan fingerprint density at radius 1 is 0.750 bits per heavy atom. The van der Waals surface area contributed by atoms with Crippen LogP contribution in [0.15, 0.2) is 66.7 Å². The minimum absolute atomic E-state index is 0.0139. The van der Waals surface area contributed by atoms with E-state index in [4.69, 9.17) is 0 Å². The first-order valence-corrected chi connectivity index (χ1v) is 11.6. The molecule has 5 nitrogen and oxygen atoms in total. The van der Waals surface area contributed by atoms with E-state index >= 15 is 0 Å². The molecule has 0 spiro atoms. The lowest BCUT2D eigenvalue weighted by Gasteiger charge is -2.23. The third kappa shape index (κ3) is 6.17. The minimum atomic E-state index is -0.182. The number of carbonyl (C=O) groups excluding carboxylic acids is 2. The second-order valence-electron chi connectivity index (χ2n) is 8.67. The molecule has 5 heteroatoms. The van der Waals surface area contributed by atoms with Gasteiger partial charge in [0.15, 0.2) is 0 Å². The normalized spacial score (nSPS) is 14.2. The van der Waals surface area contributed by atoms with E-state index in [-0.39, 0.29) is 24.8 Å². The molecule has 0 aromatic heterocycles. The van der Waals surface area contributed by atoms with Gasteiger partial charge in [-0.05, 0) is 41.2 Å². The van der Waals surface area contributed by atoms with E-state index in [9.17, 15) is 9.59 Å². The third-order valence-electron chi connectivity index (χ3n) is 6.20. The highest BCUT2D eigenvalue weighted by atomic mass is 16.2. The fourth-order valence-corrected chi connectivity index (χ4v) is 4.42. The van der Waals surface area contributed by atoms with Gasteiger partial charge in [-0.25, -0.2) is 0 Å². The van der Waals surface area contributed by atoms with E-state index in [1.165, 1.54) is 37.9 Å². The summed E-state index contributed by atoms with van der Waals surface area (Å²) >= 11 is 0. The van der Waals surface area contributed by atoms with Gasteiger partial charge in [0.05, 0.1) is 26.1 Å². The molecule has 0 bridgehead atoms. The van der Waals surface area contributed by atoms with Gasteiger partial charge in [-0.3, -0.25) is 9.59 Å². The Morgan fingerprint density at radius 2 is 1.47 bits per heavy atom. The van der Waals surface area contributed by atoms with Crippen molar-refractivity contribution in [3.05, 3.63) is 83.4 Å². The van der Waals surface area contributed by atoms with E-state index in [0.29, 0.717) is 6.54 Å². The van der Waals surface area contributed by atoms with Gasteiger partial charge < -0.3 is 15.5 Å². The van der Waals surface area contributed by atoms with Gasteiger partial charge in [-0.15, -0.1) is 0 Å². The average Bonchev–Trinajstić information content (AvgIpc) is 2.83. The molecule has 32 heavy (non-hydrogen) atoms. The molecule has 0 aliphatic carbocycles. The van der Waals surface area contributed by atoms with E-state index in [0.717, 1.165) is 28.4 Å². The summed E-state index contributed by atoms with van der Waals surface area (Å²) in [7, 11) is 0. The SMILES string of the molecule is O=C(CNC(=O)Cc1cccc2ccccc12)NCc1ccc(C[NH+]2CCCCC2)cc1. The number of piperidine rings is 1. The van der Waals surface area contributed by atoms with Gasteiger partial charge >= 0.3 is 0 Å². The van der Waals surface area contributed by atoms with Crippen LogP contribution in [0.25, 0.3) is 10.8 Å². The molecule has 1 aliphatic heterocycles. The second-order valence-corrected chi connectivity index (χ2v) is 8.67. The van der Waals surface area contributed by atoms with Crippen molar-refractivity contribution in [1.29, 1.82) is 0 Å². The van der Waals surface area contributed by atoms with Gasteiger partial charge in [0.25, 0.3) is 0 Å². The average molecular weight is 431 g/mol. The summed E-state index contributed by atoms with van der Waals surface area (Å²) in [5.41, 5.74) is 3.38. The van der Waals surface area contributed by atoms with Crippen molar-refractivity contribution in [3.63, 3.8) is 0 Å². The number of likely N-dealkylation sites (tertiary alicyclic amines) is 1. The number of hydrogen-bond donors (Lipinski definition) is 3. The van der Waals surface area contributed by atoms with Crippen LogP contribution in [0.4, 0.5) is 0 Å². The molecule has 0 saturated carbocycles. The number of benzene rings is 3. The molecule has 3 aromatic carbocycles. The summed E-state index contributed by atoms with van der Waals surface area (Å²) < 4.78 is 0. The lowest BCUT2D eigenvalue weighted by Crippen LogP contribution is -3.11. The van der Waals surface area contributed by atoms with Crippen molar-refractivity contribution in [2.45, 2.75) is 38.8 Å². The van der Waals surface area contributed by atoms with Crippen LogP contribution in [0.5, 0.6) is 0 Å². The van der Waals surface area contributed by atoms with Crippen LogP contribution in [0.2, 0.25) is 0 Å². The summed E-state index contributed by atoms with van der Waals surface area (Å²) in [6.07, 6.45) is 4.29. The summed E-state index contributed by atoms with van der Waals surface area (Å²) in [6, 6.07) is 22.4. The molecule has 0 radical (unpaired) electrons. The lowest BCUT2D eigenvalue weighted by atomic mass is 10.0. The van der Waals surface area contributed by atoms with Crippen molar-refractivity contribution >= 4 is 22.6 Å². The molecular weight excluding hydrogens is 398 g/mol. The lowest BCUT2D eigenvalue weighted by molar-refractivity contribution is -0.918. The quantitative estimate of drug-likeness (QED) is 0.514. The first-order chi connectivity index (χ1) is 15.7. The van der Waals surface area contributed by atoms with Gasteiger partial charge in [0, 0.05) is 12.1 Å². The fourth-order valence-electron chi connectivity index (χ4n) is 4.42. The van der Waals surface area contributed by atoms with Crippen molar-refractivity contribution in [2.24, 2.45) is 0 Å². The third-order valence-corrected chi connectivity index (χ3v) is 6.20.